The van der Waals surface area contributed by atoms with Crippen LogP contribution in [0.25, 0.3) is 0 Å². The van der Waals surface area contributed by atoms with Gasteiger partial charge in [0.05, 0.1) is 5.56 Å². The van der Waals surface area contributed by atoms with Crippen LogP contribution >= 0.6 is 11.3 Å². The highest BCUT2D eigenvalue weighted by atomic mass is 32.1. The Balaban J connectivity index is 1.38. The Morgan fingerprint density at radius 3 is 2.88 bits per heavy atom. The largest absolute Gasteiger partial charge is 0.355 e. The highest BCUT2D eigenvalue weighted by Crippen LogP contribution is 2.23. The van der Waals surface area contributed by atoms with Crippen LogP contribution in [0.4, 0.5) is 10.9 Å². The fraction of sp³-hybridized carbons (Fsp3) is 0.375. The molecule has 1 atom stereocenters. The molecule has 24 heavy (non-hydrogen) atoms. The van der Waals surface area contributed by atoms with E-state index < -0.39 is 0 Å². The summed E-state index contributed by atoms with van der Waals surface area (Å²) in [7, 11) is 0. The smallest absolute Gasteiger partial charge is 0.259 e. The number of anilines is 2. The SMILES string of the molecule is O=C(Nc1nncs1)c1ccc(N2CCC(N3CC=CC3)C2)nc1. The van der Waals surface area contributed by atoms with Gasteiger partial charge in [0.15, 0.2) is 0 Å². The van der Waals surface area contributed by atoms with E-state index in [0.29, 0.717) is 16.7 Å². The molecule has 124 valence electrons. The van der Waals surface area contributed by atoms with Crippen LogP contribution in [0.15, 0.2) is 36.0 Å². The minimum atomic E-state index is -0.215. The van der Waals surface area contributed by atoms with Gasteiger partial charge in [-0.3, -0.25) is 15.0 Å². The molecule has 0 bridgehead atoms. The van der Waals surface area contributed by atoms with Crippen molar-refractivity contribution in [2.45, 2.75) is 12.5 Å². The molecular formula is C16H18N6OS. The van der Waals surface area contributed by atoms with Crippen molar-refractivity contribution in [3.8, 4) is 0 Å². The third kappa shape index (κ3) is 3.15. The van der Waals surface area contributed by atoms with Crippen LogP contribution in [0.2, 0.25) is 0 Å². The molecule has 4 rings (SSSR count). The summed E-state index contributed by atoms with van der Waals surface area (Å²) in [4.78, 5) is 21.4. The highest BCUT2D eigenvalue weighted by Gasteiger charge is 2.28. The number of nitrogens with one attached hydrogen (secondary N) is 1. The summed E-state index contributed by atoms with van der Waals surface area (Å²) in [6.07, 6.45) is 7.23. The molecule has 1 fully saturated rings. The van der Waals surface area contributed by atoms with Gasteiger partial charge in [0.1, 0.15) is 11.3 Å². The number of carbonyl (C=O) groups is 1. The molecule has 2 aliphatic rings. The Hall–Kier alpha value is -2.32. The van der Waals surface area contributed by atoms with Gasteiger partial charge in [-0.2, -0.15) is 0 Å². The summed E-state index contributed by atoms with van der Waals surface area (Å²) in [6, 6.07) is 4.31. The van der Waals surface area contributed by atoms with Crippen LogP contribution in [0.5, 0.6) is 0 Å². The van der Waals surface area contributed by atoms with Gasteiger partial charge in [-0.05, 0) is 18.6 Å². The van der Waals surface area contributed by atoms with Crippen molar-refractivity contribution in [2.24, 2.45) is 0 Å². The molecule has 1 N–H and O–H groups in total. The topological polar surface area (TPSA) is 74.2 Å². The number of amides is 1. The monoisotopic (exact) mass is 342 g/mol. The first-order chi connectivity index (χ1) is 11.8. The van der Waals surface area contributed by atoms with Crippen LogP contribution < -0.4 is 10.2 Å². The molecule has 2 aromatic heterocycles. The highest BCUT2D eigenvalue weighted by molar-refractivity contribution is 7.13. The van der Waals surface area contributed by atoms with E-state index in [-0.39, 0.29) is 5.91 Å². The summed E-state index contributed by atoms with van der Waals surface area (Å²) in [5.74, 6) is 0.713. The van der Waals surface area contributed by atoms with Crippen molar-refractivity contribution in [3.05, 3.63) is 41.6 Å². The lowest BCUT2D eigenvalue weighted by atomic mass is 10.2. The minimum absolute atomic E-state index is 0.215. The third-order valence-electron chi connectivity index (χ3n) is 4.44. The molecule has 7 nitrogen and oxygen atoms in total. The molecule has 0 aliphatic carbocycles. The summed E-state index contributed by atoms with van der Waals surface area (Å²) in [5, 5.41) is 10.7. The molecule has 8 heteroatoms. The maximum atomic E-state index is 12.1. The second-order valence-corrected chi connectivity index (χ2v) is 6.75. The zero-order chi connectivity index (χ0) is 16.4. The Kier molecular flexibility index (Phi) is 4.22. The molecule has 0 aromatic carbocycles. The average molecular weight is 342 g/mol. The second-order valence-electron chi connectivity index (χ2n) is 5.92. The summed E-state index contributed by atoms with van der Waals surface area (Å²) < 4.78 is 0. The summed E-state index contributed by atoms with van der Waals surface area (Å²) >= 11 is 1.29. The van der Waals surface area contributed by atoms with Gasteiger partial charge in [0.2, 0.25) is 5.13 Å². The number of carbonyl (C=O) groups excluding carboxylic acids is 1. The van der Waals surface area contributed by atoms with Gasteiger partial charge in [-0.1, -0.05) is 23.5 Å². The normalized spacial score (nSPS) is 20.7. The Morgan fingerprint density at radius 1 is 1.29 bits per heavy atom. The van der Waals surface area contributed by atoms with E-state index >= 15 is 0 Å². The van der Waals surface area contributed by atoms with Crippen LogP contribution in [-0.4, -0.2) is 58.2 Å². The fourth-order valence-corrected chi connectivity index (χ4v) is 3.58. The third-order valence-corrected chi connectivity index (χ3v) is 5.05. The second kappa shape index (κ2) is 6.66. The van der Waals surface area contributed by atoms with Gasteiger partial charge in [0, 0.05) is 38.4 Å². The van der Waals surface area contributed by atoms with Crippen molar-refractivity contribution in [3.63, 3.8) is 0 Å². The van der Waals surface area contributed by atoms with E-state index in [0.717, 1.165) is 38.4 Å². The van der Waals surface area contributed by atoms with Gasteiger partial charge >= 0.3 is 0 Å². The maximum Gasteiger partial charge on any atom is 0.259 e. The standard InChI is InChI=1S/C16H18N6OS/c23-15(19-16-20-18-11-24-16)12-3-4-14(17-9-12)22-8-5-13(10-22)21-6-1-2-7-21/h1-4,9,11,13H,5-8,10H2,(H,19,20,23). The first-order valence-electron chi connectivity index (χ1n) is 7.97. The minimum Gasteiger partial charge on any atom is -0.355 e. The lowest BCUT2D eigenvalue weighted by Gasteiger charge is -2.24. The Morgan fingerprint density at radius 2 is 2.17 bits per heavy atom. The molecule has 1 amide bonds. The molecular weight excluding hydrogens is 324 g/mol. The van der Waals surface area contributed by atoms with E-state index in [4.69, 9.17) is 0 Å². The lowest BCUT2D eigenvalue weighted by Crippen LogP contribution is -2.35. The Bertz CT molecular complexity index is 722. The molecule has 2 aliphatic heterocycles. The number of pyridine rings is 1. The van der Waals surface area contributed by atoms with Crippen LogP contribution in [-0.2, 0) is 0 Å². The molecule has 2 aromatic rings. The number of hydrogen-bond donors (Lipinski definition) is 1. The van der Waals surface area contributed by atoms with Crippen LogP contribution in [0.1, 0.15) is 16.8 Å². The Labute approximate surface area is 144 Å². The van der Waals surface area contributed by atoms with Gasteiger partial charge in [-0.15, -0.1) is 10.2 Å². The van der Waals surface area contributed by atoms with Crippen molar-refractivity contribution < 1.29 is 4.79 Å². The lowest BCUT2D eigenvalue weighted by molar-refractivity contribution is 0.102. The van der Waals surface area contributed by atoms with Crippen LogP contribution in [0, 0.1) is 0 Å². The number of nitrogens with zero attached hydrogens (tertiary/aromatic N) is 5. The molecule has 1 unspecified atom stereocenters. The summed E-state index contributed by atoms with van der Waals surface area (Å²) in [6.45, 7) is 4.10. The molecule has 1 saturated heterocycles. The summed E-state index contributed by atoms with van der Waals surface area (Å²) in [5.41, 5.74) is 2.10. The molecule has 0 radical (unpaired) electrons. The maximum absolute atomic E-state index is 12.1. The number of rotatable bonds is 4. The fourth-order valence-electron chi connectivity index (χ4n) is 3.14. The number of aromatic nitrogens is 3. The average Bonchev–Trinajstić information content (AvgIpc) is 3.36. The molecule has 0 spiro atoms. The van der Waals surface area contributed by atoms with Crippen molar-refractivity contribution in [2.75, 3.05) is 36.4 Å². The quantitative estimate of drug-likeness (QED) is 0.852. The van der Waals surface area contributed by atoms with E-state index in [2.05, 4.69) is 42.4 Å². The van der Waals surface area contributed by atoms with Crippen molar-refractivity contribution in [1.29, 1.82) is 0 Å². The predicted octanol–water partition coefficient (Wildman–Crippen LogP) is 1.64. The van der Waals surface area contributed by atoms with E-state index in [1.165, 1.54) is 11.3 Å². The first kappa shape index (κ1) is 15.2. The van der Waals surface area contributed by atoms with E-state index in [1.54, 1.807) is 11.7 Å². The van der Waals surface area contributed by atoms with Gasteiger partial charge < -0.3 is 4.90 Å². The number of hydrogen-bond acceptors (Lipinski definition) is 7. The first-order valence-corrected chi connectivity index (χ1v) is 8.85. The van der Waals surface area contributed by atoms with Gasteiger partial charge in [0.25, 0.3) is 5.91 Å². The van der Waals surface area contributed by atoms with Gasteiger partial charge in [-0.25, -0.2) is 4.98 Å². The van der Waals surface area contributed by atoms with E-state index in [9.17, 15) is 4.79 Å². The van der Waals surface area contributed by atoms with Crippen molar-refractivity contribution >= 4 is 28.2 Å². The van der Waals surface area contributed by atoms with E-state index in [1.807, 2.05) is 12.1 Å². The molecule has 0 saturated carbocycles. The zero-order valence-electron chi connectivity index (χ0n) is 13.1. The molecule has 4 heterocycles. The predicted molar refractivity (Wildman–Crippen MR) is 93.4 cm³/mol. The van der Waals surface area contributed by atoms with Crippen molar-refractivity contribution in [1.82, 2.24) is 20.1 Å². The van der Waals surface area contributed by atoms with Crippen LogP contribution in [0.3, 0.4) is 0 Å². The zero-order valence-corrected chi connectivity index (χ0v) is 13.9.